The quantitative estimate of drug-likeness (QED) is 0.809. The van der Waals surface area contributed by atoms with Crippen LogP contribution in [-0.4, -0.2) is 31.5 Å². The van der Waals surface area contributed by atoms with Crippen molar-refractivity contribution in [2.75, 3.05) is 6.61 Å². The molecule has 23 heavy (non-hydrogen) atoms. The summed E-state index contributed by atoms with van der Waals surface area (Å²) in [6, 6.07) is 0. The number of hydrogen-bond acceptors (Lipinski definition) is 6. The van der Waals surface area contributed by atoms with Crippen molar-refractivity contribution >= 4 is 0 Å². The predicted octanol–water partition coefficient (Wildman–Crippen LogP) is 2.77. The van der Waals surface area contributed by atoms with E-state index in [1.807, 2.05) is 13.8 Å². The van der Waals surface area contributed by atoms with E-state index in [4.69, 9.17) is 9.26 Å². The van der Waals surface area contributed by atoms with Crippen LogP contribution in [0.15, 0.2) is 4.52 Å². The van der Waals surface area contributed by atoms with E-state index >= 15 is 0 Å². The standard InChI is InChI=1S/C13H18F3N5O2/c1-7(2)6-22-8(3)11-18-10(23-20-11)5-21-9(4)17-12(19-21)13(14,15)16/h7-8H,5-6H2,1-4H3/t8-/m0/s1. The minimum atomic E-state index is -4.59. The van der Waals surface area contributed by atoms with Gasteiger partial charge in [-0.15, -0.1) is 5.10 Å². The maximum absolute atomic E-state index is 12.6. The molecular formula is C13H18F3N5O2. The van der Waals surface area contributed by atoms with Crippen LogP contribution in [0.2, 0.25) is 0 Å². The summed E-state index contributed by atoms with van der Waals surface area (Å²) in [5.41, 5.74) is 0. The maximum Gasteiger partial charge on any atom is 0.453 e. The average molecular weight is 333 g/mol. The van der Waals surface area contributed by atoms with Crippen molar-refractivity contribution in [1.82, 2.24) is 24.9 Å². The number of rotatable bonds is 6. The monoisotopic (exact) mass is 333 g/mol. The second kappa shape index (κ2) is 6.65. The molecule has 2 aromatic heterocycles. The lowest BCUT2D eigenvalue weighted by Crippen LogP contribution is -2.10. The first-order valence-electron chi connectivity index (χ1n) is 7.09. The summed E-state index contributed by atoms with van der Waals surface area (Å²) in [6.45, 7) is 7.69. The fourth-order valence-electron chi connectivity index (χ4n) is 1.73. The lowest BCUT2D eigenvalue weighted by molar-refractivity contribution is -0.145. The van der Waals surface area contributed by atoms with Crippen molar-refractivity contribution in [2.24, 2.45) is 5.92 Å². The summed E-state index contributed by atoms with van der Waals surface area (Å²) in [6.07, 6.45) is -4.95. The molecule has 2 heterocycles. The molecule has 1 atom stereocenters. The van der Waals surface area contributed by atoms with Crippen LogP contribution in [-0.2, 0) is 17.5 Å². The molecular weight excluding hydrogens is 315 g/mol. The Morgan fingerprint density at radius 3 is 2.48 bits per heavy atom. The lowest BCUT2D eigenvalue weighted by atomic mass is 10.2. The van der Waals surface area contributed by atoms with Crippen LogP contribution in [0.4, 0.5) is 13.2 Å². The normalized spacial score (nSPS) is 13.7. The van der Waals surface area contributed by atoms with E-state index in [2.05, 4.69) is 20.2 Å². The molecule has 0 N–H and O–H groups in total. The van der Waals surface area contributed by atoms with Gasteiger partial charge in [0, 0.05) is 6.61 Å². The molecule has 0 amide bonds. The van der Waals surface area contributed by atoms with Gasteiger partial charge in [0.25, 0.3) is 5.82 Å². The molecule has 0 saturated carbocycles. The largest absolute Gasteiger partial charge is 0.453 e. The Kier molecular flexibility index (Phi) is 5.03. The number of halogens is 3. The number of ether oxygens (including phenoxy) is 1. The first-order valence-corrected chi connectivity index (χ1v) is 7.09. The molecule has 0 bridgehead atoms. The van der Waals surface area contributed by atoms with Crippen molar-refractivity contribution in [3.63, 3.8) is 0 Å². The van der Waals surface area contributed by atoms with Crippen molar-refractivity contribution in [3.05, 3.63) is 23.4 Å². The van der Waals surface area contributed by atoms with Crippen LogP contribution in [0, 0.1) is 12.8 Å². The Morgan fingerprint density at radius 1 is 1.22 bits per heavy atom. The van der Waals surface area contributed by atoms with E-state index in [-0.39, 0.29) is 24.4 Å². The van der Waals surface area contributed by atoms with Crippen LogP contribution in [0.3, 0.4) is 0 Å². The molecule has 2 aromatic rings. The SMILES string of the molecule is Cc1nc(C(F)(F)F)nn1Cc1nc([C@H](C)OCC(C)C)no1. The zero-order chi connectivity index (χ0) is 17.2. The first kappa shape index (κ1) is 17.4. The number of aryl methyl sites for hydroxylation is 1. The Balaban J connectivity index is 2.06. The van der Waals surface area contributed by atoms with Crippen LogP contribution >= 0.6 is 0 Å². The third-order valence-electron chi connectivity index (χ3n) is 2.92. The predicted molar refractivity (Wildman–Crippen MR) is 72.4 cm³/mol. The van der Waals surface area contributed by atoms with Gasteiger partial charge in [0.15, 0.2) is 5.82 Å². The molecule has 0 spiro atoms. The molecule has 0 aliphatic rings. The molecule has 0 saturated heterocycles. The summed E-state index contributed by atoms with van der Waals surface area (Å²) in [4.78, 5) is 7.50. The Hall–Kier alpha value is -1.97. The van der Waals surface area contributed by atoms with Crippen LogP contribution in [0.1, 0.15) is 50.2 Å². The fourth-order valence-corrected chi connectivity index (χ4v) is 1.73. The summed E-state index contributed by atoms with van der Waals surface area (Å²) in [5, 5.41) is 7.19. The van der Waals surface area contributed by atoms with Crippen molar-refractivity contribution in [1.29, 1.82) is 0 Å². The molecule has 0 aliphatic heterocycles. The molecule has 0 aromatic carbocycles. The Labute approximate surface area is 130 Å². The molecule has 0 unspecified atom stereocenters. The van der Waals surface area contributed by atoms with Gasteiger partial charge in [-0.25, -0.2) is 9.67 Å². The third-order valence-corrected chi connectivity index (χ3v) is 2.92. The van der Waals surface area contributed by atoms with Gasteiger partial charge >= 0.3 is 6.18 Å². The molecule has 128 valence electrons. The summed E-state index contributed by atoms with van der Waals surface area (Å²) in [7, 11) is 0. The van der Waals surface area contributed by atoms with Gasteiger partial charge in [0.2, 0.25) is 5.89 Å². The second-order valence-electron chi connectivity index (χ2n) is 5.55. The van der Waals surface area contributed by atoms with Gasteiger partial charge in [0.05, 0.1) is 0 Å². The first-order chi connectivity index (χ1) is 10.7. The minimum Gasteiger partial charge on any atom is -0.370 e. The van der Waals surface area contributed by atoms with Gasteiger partial charge in [-0.3, -0.25) is 0 Å². The Morgan fingerprint density at radius 2 is 1.91 bits per heavy atom. The lowest BCUT2D eigenvalue weighted by Gasteiger charge is -2.10. The van der Waals surface area contributed by atoms with Crippen LogP contribution < -0.4 is 0 Å². The van der Waals surface area contributed by atoms with E-state index in [9.17, 15) is 13.2 Å². The van der Waals surface area contributed by atoms with E-state index in [1.54, 1.807) is 6.92 Å². The highest BCUT2D eigenvalue weighted by atomic mass is 19.4. The average Bonchev–Trinajstić information content (AvgIpc) is 3.04. The van der Waals surface area contributed by atoms with Crippen molar-refractivity contribution in [3.8, 4) is 0 Å². The fraction of sp³-hybridized carbons (Fsp3) is 0.692. The van der Waals surface area contributed by atoms with Crippen LogP contribution in [0.5, 0.6) is 0 Å². The van der Waals surface area contributed by atoms with Gasteiger partial charge < -0.3 is 9.26 Å². The van der Waals surface area contributed by atoms with E-state index in [0.29, 0.717) is 18.3 Å². The molecule has 0 aliphatic carbocycles. The minimum absolute atomic E-state index is 0.0845. The molecule has 0 fully saturated rings. The van der Waals surface area contributed by atoms with Gasteiger partial charge in [-0.1, -0.05) is 19.0 Å². The molecule has 0 radical (unpaired) electrons. The second-order valence-corrected chi connectivity index (χ2v) is 5.55. The van der Waals surface area contributed by atoms with Crippen molar-refractivity contribution in [2.45, 2.75) is 46.5 Å². The molecule has 2 rings (SSSR count). The zero-order valence-corrected chi connectivity index (χ0v) is 13.3. The van der Waals surface area contributed by atoms with Crippen LogP contribution in [0.25, 0.3) is 0 Å². The molecule has 7 nitrogen and oxygen atoms in total. The van der Waals surface area contributed by atoms with Gasteiger partial charge in [-0.2, -0.15) is 18.2 Å². The van der Waals surface area contributed by atoms with Gasteiger partial charge in [0.1, 0.15) is 18.5 Å². The van der Waals surface area contributed by atoms with E-state index in [0.717, 1.165) is 4.68 Å². The summed E-state index contributed by atoms with van der Waals surface area (Å²) in [5.74, 6) is -0.233. The zero-order valence-electron chi connectivity index (χ0n) is 13.3. The number of hydrogen-bond donors (Lipinski definition) is 0. The number of alkyl halides is 3. The smallest absolute Gasteiger partial charge is 0.370 e. The van der Waals surface area contributed by atoms with Crippen molar-refractivity contribution < 1.29 is 22.4 Å². The van der Waals surface area contributed by atoms with Gasteiger partial charge in [-0.05, 0) is 19.8 Å². The highest BCUT2D eigenvalue weighted by molar-refractivity contribution is 4.97. The van der Waals surface area contributed by atoms with E-state index < -0.39 is 12.0 Å². The highest BCUT2D eigenvalue weighted by Crippen LogP contribution is 2.26. The number of aromatic nitrogens is 5. The maximum atomic E-state index is 12.6. The highest BCUT2D eigenvalue weighted by Gasteiger charge is 2.36. The topological polar surface area (TPSA) is 78.9 Å². The number of nitrogens with zero attached hydrogens (tertiary/aromatic N) is 5. The van der Waals surface area contributed by atoms with E-state index in [1.165, 1.54) is 6.92 Å². The summed E-state index contributed by atoms with van der Waals surface area (Å²) >= 11 is 0. The molecule has 10 heteroatoms. The summed E-state index contributed by atoms with van der Waals surface area (Å²) < 4.78 is 49.4. The third kappa shape index (κ3) is 4.50. The Bertz CT molecular complexity index is 650.